The summed E-state index contributed by atoms with van der Waals surface area (Å²) in [6, 6.07) is 4.07. The topological polar surface area (TPSA) is 6.48 Å². The van der Waals surface area contributed by atoms with Gasteiger partial charge in [0.05, 0.1) is 28.1 Å². The zero-order valence-electron chi connectivity index (χ0n) is 13.2. The molecule has 2 rings (SSSR count). The average Bonchev–Trinajstić information content (AvgIpc) is 2.78. The molecule has 0 amide bonds. The highest BCUT2D eigenvalue weighted by molar-refractivity contribution is 6.42. The number of nitrogens with zero attached hydrogens (tertiary/aromatic N) is 2. The SMILES string of the molecule is CCCCCN1CN(CCCCC)c2cc(Cl)c(Cl)cc21. The smallest absolute Gasteiger partial charge is 0.0904 e. The maximum atomic E-state index is 6.22. The highest BCUT2D eigenvalue weighted by atomic mass is 35.5. The molecule has 0 aliphatic carbocycles. The molecule has 0 atom stereocenters. The van der Waals surface area contributed by atoms with Crippen LogP contribution in [0.4, 0.5) is 11.4 Å². The molecule has 118 valence electrons. The maximum Gasteiger partial charge on any atom is 0.0904 e. The lowest BCUT2D eigenvalue weighted by Gasteiger charge is -2.21. The molecule has 0 spiro atoms. The molecule has 0 N–H and O–H groups in total. The molecule has 0 fully saturated rings. The van der Waals surface area contributed by atoms with Crippen LogP contribution in [0.25, 0.3) is 0 Å². The normalized spacial score (nSPS) is 13.9. The molecule has 0 bridgehead atoms. The van der Waals surface area contributed by atoms with Crippen molar-refractivity contribution in [1.82, 2.24) is 0 Å². The van der Waals surface area contributed by atoms with E-state index in [2.05, 4.69) is 23.6 Å². The molecule has 0 aromatic heterocycles. The van der Waals surface area contributed by atoms with Crippen LogP contribution in [0.15, 0.2) is 12.1 Å². The van der Waals surface area contributed by atoms with Gasteiger partial charge in [-0.2, -0.15) is 0 Å². The van der Waals surface area contributed by atoms with Crippen LogP contribution in [0.5, 0.6) is 0 Å². The fraction of sp³-hybridized carbons (Fsp3) is 0.647. The van der Waals surface area contributed by atoms with E-state index >= 15 is 0 Å². The molecule has 0 saturated heterocycles. The molecule has 1 aliphatic rings. The van der Waals surface area contributed by atoms with Gasteiger partial charge in [-0.15, -0.1) is 0 Å². The Morgan fingerprint density at radius 2 is 1.24 bits per heavy atom. The van der Waals surface area contributed by atoms with Crippen molar-refractivity contribution in [2.45, 2.75) is 52.4 Å². The van der Waals surface area contributed by atoms with Crippen LogP contribution in [-0.4, -0.2) is 19.8 Å². The lowest BCUT2D eigenvalue weighted by molar-refractivity contribution is 0.651. The molecule has 0 radical (unpaired) electrons. The van der Waals surface area contributed by atoms with Crippen molar-refractivity contribution in [2.75, 3.05) is 29.6 Å². The second-order valence-electron chi connectivity index (χ2n) is 5.84. The minimum Gasteiger partial charge on any atom is -0.352 e. The van der Waals surface area contributed by atoms with Gasteiger partial charge in [0.1, 0.15) is 0 Å². The zero-order valence-corrected chi connectivity index (χ0v) is 14.7. The number of hydrogen-bond acceptors (Lipinski definition) is 2. The van der Waals surface area contributed by atoms with E-state index in [0.717, 1.165) is 19.8 Å². The number of fused-ring (bicyclic) bond motifs is 1. The molecule has 1 aromatic rings. The minimum absolute atomic E-state index is 0.659. The third-order valence-corrected chi connectivity index (χ3v) is 4.83. The molecule has 4 heteroatoms. The van der Waals surface area contributed by atoms with Gasteiger partial charge < -0.3 is 9.80 Å². The summed E-state index contributed by atoms with van der Waals surface area (Å²) in [7, 11) is 0. The standard InChI is InChI=1S/C17H26Cl2N2/c1-3-5-7-9-20-13-21(10-8-6-4-2)17-12-15(19)14(18)11-16(17)20/h11-12H,3-10,13H2,1-2H3. The highest BCUT2D eigenvalue weighted by Crippen LogP contribution is 2.41. The van der Waals surface area contributed by atoms with Crippen molar-refractivity contribution in [3.8, 4) is 0 Å². The Morgan fingerprint density at radius 1 is 0.810 bits per heavy atom. The van der Waals surface area contributed by atoms with E-state index in [9.17, 15) is 0 Å². The summed E-state index contributed by atoms with van der Waals surface area (Å²) in [5.74, 6) is 0. The first kappa shape index (κ1) is 16.8. The van der Waals surface area contributed by atoms with Gasteiger partial charge in [0.15, 0.2) is 0 Å². The van der Waals surface area contributed by atoms with Crippen molar-refractivity contribution >= 4 is 34.6 Å². The van der Waals surface area contributed by atoms with Crippen LogP contribution >= 0.6 is 23.2 Å². The molecular weight excluding hydrogens is 303 g/mol. The van der Waals surface area contributed by atoms with Crippen LogP contribution in [0, 0.1) is 0 Å². The molecule has 21 heavy (non-hydrogen) atoms. The Morgan fingerprint density at radius 3 is 1.62 bits per heavy atom. The molecule has 0 saturated carbocycles. The lowest BCUT2D eigenvalue weighted by atomic mass is 10.2. The first-order chi connectivity index (χ1) is 10.2. The fourth-order valence-corrected chi connectivity index (χ4v) is 3.19. The highest BCUT2D eigenvalue weighted by Gasteiger charge is 2.26. The molecule has 0 unspecified atom stereocenters. The first-order valence-corrected chi connectivity index (χ1v) is 8.91. The summed E-state index contributed by atoms with van der Waals surface area (Å²) in [4.78, 5) is 4.89. The molecular formula is C17H26Cl2N2. The van der Waals surface area contributed by atoms with Crippen molar-refractivity contribution in [3.05, 3.63) is 22.2 Å². The lowest BCUT2D eigenvalue weighted by Crippen LogP contribution is -2.32. The molecule has 1 aliphatic heterocycles. The summed E-state index contributed by atoms with van der Waals surface area (Å²) >= 11 is 12.4. The van der Waals surface area contributed by atoms with E-state index < -0.39 is 0 Å². The number of rotatable bonds is 8. The van der Waals surface area contributed by atoms with Gasteiger partial charge in [-0.3, -0.25) is 0 Å². The maximum absolute atomic E-state index is 6.22. The van der Waals surface area contributed by atoms with E-state index in [1.807, 2.05) is 12.1 Å². The van der Waals surface area contributed by atoms with Crippen LogP contribution in [-0.2, 0) is 0 Å². The second kappa shape index (κ2) is 8.14. The third kappa shape index (κ3) is 4.20. The van der Waals surface area contributed by atoms with E-state index in [4.69, 9.17) is 23.2 Å². The predicted molar refractivity (Wildman–Crippen MR) is 95.1 cm³/mol. The minimum atomic E-state index is 0.659. The summed E-state index contributed by atoms with van der Waals surface area (Å²) in [6.45, 7) is 7.66. The van der Waals surface area contributed by atoms with Gasteiger partial charge >= 0.3 is 0 Å². The van der Waals surface area contributed by atoms with Gasteiger partial charge in [-0.25, -0.2) is 0 Å². The number of halogens is 2. The third-order valence-electron chi connectivity index (χ3n) is 4.10. The number of hydrogen-bond donors (Lipinski definition) is 0. The number of anilines is 2. The van der Waals surface area contributed by atoms with Gasteiger partial charge in [-0.1, -0.05) is 62.7 Å². The second-order valence-corrected chi connectivity index (χ2v) is 6.65. The van der Waals surface area contributed by atoms with Crippen molar-refractivity contribution in [3.63, 3.8) is 0 Å². The van der Waals surface area contributed by atoms with E-state index in [0.29, 0.717) is 10.0 Å². The zero-order chi connectivity index (χ0) is 15.2. The first-order valence-electron chi connectivity index (χ1n) is 8.16. The molecule has 1 heterocycles. The van der Waals surface area contributed by atoms with Crippen molar-refractivity contribution < 1.29 is 0 Å². The summed E-state index contributed by atoms with van der Waals surface area (Å²) < 4.78 is 0. The summed E-state index contributed by atoms with van der Waals surface area (Å²) in [5, 5.41) is 1.32. The van der Waals surface area contributed by atoms with Gasteiger partial charge in [0.2, 0.25) is 0 Å². The Kier molecular flexibility index (Phi) is 6.50. The Labute approximate surface area is 139 Å². The summed E-state index contributed by atoms with van der Waals surface area (Å²) in [6.07, 6.45) is 7.54. The van der Waals surface area contributed by atoms with E-state index in [1.54, 1.807) is 0 Å². The van der Waals surface area contributed by atoms with Crippen LogP contribution in [0.1, 0.15) is 52.4 Å². The average molecular weight is 329 g/mol. The Bertz CT molecular complexity index is 421. The van der Waals surface area contributed by atoms with Gasteiger partial charge in [0, 0.05) is 13.1 Å². The Hall–Kier alpha value is -0.600. The van der Waals surface area contributed by atoms with Crippen LogP contribution in [0.2, 0.25) is 10.0 Å². The summed E-state index contributed by atoms with van der Waals surface area (Å²) in [5.41, 5.74) is 2.49. The van der Waals surface area contributed by atoms with Crippen molar-refractivity contribution in [1.29, 1.82) is 0 Å². The van der Waals surface area contributed by atoms with Crippen LogP contribution < -0.4 is 9.80 Å². The van der Waals surface area contributed by atoms with E-state index in [1.165, 1.54) is 49.9 Å². The van der Waals surface area contributed by atoms with Gasteiger partial charge in [-0.05, 0) is 25.0 Å². The predicted octanol–water partition coefficient (Wildman–Crippen LogP) is 5.96. The van der Waals surface area contributed by atoms with Gasteiger partial charge in [0.25, 0.3) is 0 Å². The molecule has 1 aromatic carbocycles. The van der Waals surface area contributed by atoms with Crippen LogP contribution in [0.3, 0.4) is 0 Å². The van der Waals surface area contributed by atoms with Crippen molar-refractivity contribution in [2.24, 2.45) is 0 Å². The monoisotopic (exact) mass is 328 g/mol. The quantitative estimate of drug-likeness (QED) is 0.543. The number of benzene rings is 1. The Balaban J connectivity index is 2.12. The fourth-order valence-electron chi connectivity index (χ4n) is 2.88. The van der Waals surface area contributed by atoms with E-state index in [-0.39, 0.29) is 0 Å². The molecule has 2 nitrogen and oxygen atoms in total. The largest absolute Gasteiger partial charge is 0.352 e. The number of unbranched alkanes of at least 4 members (excludes halogenated alkanes) is 4.